The second kappa shape index (κ2) is 6.19. The number of nitrogens with zero attached hydrogens (tertiary/aromatic N) is 2. The SMILES string of the molecule is CCN1CCN(C(=O)Nc2c[nH]c3ccccc3c2=O)CC1. The second-order valence-corrected chi connectivity index (χ2v) is 5.43. The van der Waals surface area contributed by atoms with E-state index in [0.717, 1.165) is 25.2 Å². The molecule has 116 valence electrons. The molecule has 6 nitrogen and oxygen atoms in total. The highest BCUT2D eigenvalue weighted by molar-refractivity contribution is 5.92. The van der Waals surface area contributed by atoms with E-state index in [0.29, 0.717) is 24.2 Å². The first-order valence-corrected chi connectivity index (χ1v) is 7.57. The number of hydrogen-bond donors (Lipinski definition) is 2. The van der Waals surface area contributed by atoms with Crippen LogP contribution in [-0.2, 0) is 0 Å². The molecule has 1 fully saturated rings. The van der Waals surface area contributed by atoms with Crippen molar-refractivity contribution in [2.24, 2.45) is 0 Å². The third-order valence-corrected chi connectivity index (χ3v) is 4.14. The Morgan fingerprint density at radius 3 is 2.68 bits per heavy atom. The Morgan fingerprint density at radius 1 is 1.23 bits per heavy atom. The van der Waals surface area contributed by atoms with E-state index in [9.17, 15) is 9.59 Å². The van der Waals surface area contributed by atoms with Gasteiger partial charge in [0.2, 0.25) is 5.43 Å². The van der Waals surface area contributed by atoms with E-state index in [2.05, 4.69) is 22.1 Å². The van der Waals surface area contributed by atoms with Crippen molar-refractivity contribution < 1.29 is 4.79 Å². The van der Waals surface area contributed by atoms with Crippen molar-refractivity contribution in [1.82, 2.24) is 14.8 Å². The van der Waals surface area contributed by atoms with Gasteiger partial charge in [0.1, 0.15) is 5.69 Å². The second-order valence-electron chi connectivity index (χ2n) is 5.43. The minimum Gasteiger partial charge on any atom is -0.359 e. The highest BCUT2D eigenvalue weighted by Crippen LogP contribution is 2.11. The molecule has 0 radical (unpaired) electrons. The monoisotopic (exact) mass is 300 g/mol. The molecule has 1 aromatic heterocycles. The largest absolute Gasteiger partial charge is 0.359 e. The summed E-state index contributed by atoms with van der Waals surface area (Å²) in [6.07, 6.45) is 1.56. The van der Waals surface area contributed by atoms with Crippen LogP contribution in [0.2, 0.25) is 0 Å². The number of anilines is 1. The van der Waals surface area contributed by atoms with E-state index >= 15 is 0 Å². The number of urea groups is 1. The highest BCUT2D eigenvalue weighted by Gasteiger charge is 2.20. The number of hydrogen-bond acceptors (Lipinski definition) is 3. The number of rotatable bonds is 2. The number of H-pyrrole nitrogens is 1. The van der Waals surface area contributed by atoms with Gasteiger partial charge in [-0.1, -0.05) is 19.1 Å². The van der Waals surface area contributed by atoms with Gasteiger partial charge in [-0.3, -0.25) is 4.79 Å². The van der Waals surface area contributed by atoms with Crippen molar-refractivity contribution in [2.75, 3.05) is 38.0 Å². The molecule has 22 heavy (non-hydrogen) atoms. The topological polar surface area (TPSA) is 68.4 Å². The highest BCUT2D eigenvalue weighted by atomic mass is 16.2. The fraction of sp³-hybridized carbons (Fsp3) is 0.375. The van der Waals surface area contributed by atoms with E-state index in [1.54, 1.807) is 17.2 Å². The molecule has 0 aliphatic carbocycles. The summed E-state index contributed by atoms with van der Waals surface area (Å²) in [5.41, 5.74) is 0.901. The van der Waals surface area contributed by atoms with Crippen molar-refractivity contribution in [2.45, 2.75) is 6.92 Å². The molecule has 2 N–H and O–H groups in total. The lowest BCUT2D eigenvalue weighted by Gasteiger charge is -2.33. The van der Waals surface area contributed by atoms with Crippen LogP contribution < -0.4 is 10.7 Å². The number of carbonyl (C=O) groups excluding carboxylic acids is 1. The molecule has 1 saturated heterocycles. The molecule has 1 aliphatic rings. The molecule has 0 atom stereocenters. The van der Waals surface area contributed by atoms with Crippen LogP contribution in [0, 0.1) is 0 Å². The molecule has 3 rings (SSSR count). The zero-order chi connectivity index (χ0) is 15.5. The molecule has 2 heterocycles. The number of likely N-dealkylation sites (N-methyl/N-ethyl adjacent to an activating group) is 1. The Hall–Kier alpha value is -2.34. The van der Waals surface area contributed by atoms with Gasteiger partial charge >= 0.3 is 6.03 Å². The zero-order valence-electron chi connectivity index (χ0n) is 12.6. The fourth-order valence-corrected chi connectivity index (χ4v) is 2.72. The summed E-state index contributed by atoms with van der Waals surface area (Å²) in [4.78, 5) is 31.8. The summed E-state index contributed by atoms with van der Waals surface area (Å²) >= 11 is 0. The van der Waals surface area contributed by atoms with Crippen LogP contribution in [0.5, 0.6) is 0 Å². The molecule has 0 spiro atoms. The summed E-state index contributed by atoms with van der Waals surface area (Å²) in [7, 11) is 0. The Morgan fingerprint density at radius 2 is 1.95 bits per heavy atom. The average molecular weight is 300 g/mol. The number of piperazine rings is 1. The van der Waals surface area contributed by atoms with Gasteiger partial charge in [0.15, 0.2) is 0 Å². The van der Waals surface area contributed by atoms with Gasteiger partial charge in [0, 0.05) is 43.3 Å². The number of pyridine rings is 1. The number of aromatic nitrogens is 1. The number of fused-ring (bicyclic) bond motifs is 1. The zero-order valence-corrected chi connectivity index (χ0v) is 12.6. The van der Waals surface area contributed by atoms with E-state index in [1.165, 1.54) is 0 Å². The molecule has 0 saturated carbocycles. The van der Waals surface area contributed by atoms with E-state index in [1.807, 2.05) is 18.2 Å². The number of aromatic amines is 1. The molecule has 1 aromatic carbocycles. The van der Waals surface area contributed by atoms with Gasteiger partial charge in [-0.15, -0.1) is 0 Å². The molecule has 2 amide bonds. The van der Waals surface area contributed by atoms with Crippen LogP contribution in [0.25, 0.3) is 10.9 Å². The fourth-order valence-electron chi connectivity index (χ4n) is 2.72. The Labute approximate surface area is 128 Å². The number of carbonyl (C=O) groups is 1. The van der Waals surface area contributed by atoms with Crippen LogP contribution in [0.1, 0.15) is 6.92 Å². The normalized spacial score (nSPS) is 16.0. The molecule has 0 unspecified atom stereocenters. The molecule has 0 bridgehead atoms. The maximum absolute atomic E-state index is 12.4. The molecule has 6 heteroatoms. The Balaban J connectivity index is 1.75. The van der Waals surface area contributed by atoms with Gasteiger partial charge in [-0.25, -0.2) is 4.79 Å². The van der Waals surface area contributed by atoms with E-state index in [-0.39, 0.29) is 11.5 Å². The molecular weight excluding hydrogens is 280 g/mol. The number of amides is 2. The van der Waals surface area contributed by atoms with Crippen LogP contribution >= 0.6 is 0 Å². The Kier molecular flexibility index (Phi) is 4.11. The molecule has 2 aromatic rings. The lowest BCUT2D eigenvalue weighted by atomic mass is 10.2. The van der Waals surface area contributed by atoms with Gasteiger partial charge < -0.3 is 20.1 Å². The summed E-state index contributed by atoms with van der Waals surface area (Å²) in [6, 6.07) is 7.06. The first-order valence-electron chi connectivity index (χ1n) is 7.57. The van der Waals surface area contributed by atoms with Crippen molar-refractivity contribution in [3.8, 4) is 0 Å². The van der Waals surface area contributed by atoms with Crippen LogP contribution in [0.4, 0.5) is 10.5 Å². The lowest BCUT2D eigenvalue weighted by Crippen LogP contribution is -2.50. The molecule has 1 aliphatic heterocycles. The first kappa shape index (κ1) is 14.6. The number of nitrogens with one attached hydrogen (secondary N) is 2. The first-order chi connectivity index (χ1) is 10.7. The van der Waals surface area contributed by atoms with Crippen LogP contribution in [0.15, 0.2) is 35.3 Å². The van der Waals surface area contributed by atoms with Gasteiger partial charge in [0.05, 0.1) is 0 Å². The third kappa shape index (κ3) is 2.82. The van der Waals surface area contributed by atoms with Gasteiger partial charge in [-0.05, 0) is 18.7 Å². The predicted octanol–water partition coefficient (Wildman–Crippen LogP) is 1.70. The number of benzene rings is 1. The van der Waals surface area contributed by atoms with Crippen LogP contribution in [0.3, 0.4) is 0 Å². The quantitative estimate of drug-likeness (QED) is 0.887. The van der Waals surface area contributed by atoms with Crippen LogP contribution in [-0.4, -0.2) is 53.5 Å². The maximum Gasteiger partial charge on any atom is 0.322 e. The van der Waals surface area contributed by atoms with Crippen molar-refractivity contribution >= 4 is 22.6 Å². The van der Waals surface area contributed by atoms with Crippen molar-refractivity contribution in [3.63, 3.8) is 0 Å². The van der Waals surface area contributed by atoms with Crippen molar-refractivity contribution in [3.05, 3.63) is 40.7 Å². The maximum atomic E-state index is 12.4. The average Bonchev–Trinajstić information content (AvgIpc) is 2.57. The summed E-state index contributed by atoms with van der Waals surface area (Å²) < 4.78 is 0. The standard InChI is InChI=1S/C16H20N4O2/c1-2-19-7-9-20(10-8-19)16(22)18-14-11-17-13-6-4-3-5-12(13)15(14)21/h3-6,11H,2,7-10H2,1H3,(H,17,21)(H,18,22). The van der Waals surface area contributed by atoms with E-state index < -0.39 is 0 Å². The summed E-state index contributed by atoms with van der Waals surface area (Å²) in [5, 5.41) is 3.31. The van der Waals surface area contributed by atoms with E-state index in [4.69, 9.17) is 0 Å². The molecular formula is C16H20N4O2. The summed E-state index contributed by atoms with van der Waals surface area (Å²) in [5.74, 6) is 0. The third-order valence-electron chi connectivity index (χ3n) is 4.14. The summed E-state index contributed by atoms with van der Waals surface area (Å²) in [6.45, 7) is 6.23. The number of para-hydroxylation sites is 1. The minimum atomic E-state index is -0.212. The van der Waals surface area contributed by atoms with Gasteiger partial charge in [-0.2, -0.15) is 0 Å². The van der Waals surface area contributed by atoms with Gasteiger partial charge in [0.25, 0.3) is 0 Å². The van der Waals surface area contributed by atoms with Crippen molar-refractivity contribution in [1.29, 1.82) is 0 Å². The smallest absolute Gasteiger partial charge is 0.322 e. The lowest BCUT2D eigenvalue weighted by molar-refractivity contribution is 0.151. The predicted molar refractivity (Wildman–Crippen MR) is 87.3 cm³/mol. The Bertz CT molecular complexity index is 732. The minimum absolute atomic E-state index is 0.158.